The predicted octanol–water partition coefficient (Wildman–Crippen LogP) is 6.07. The minimum Gasteiger partial charge on any atom is -0.447 e. The highest BCUT2D eigenvalue weighted by atomic mass is 32.2. The number of rotatable bonds is 3. The molecule has 8 aliphatic carbocycles. The molecule has 0 saturated heterocycles. The minimum atomic E-state index is -2.53. The highest BCUT2D eigenvalue weighted by Gasteiger charge is 2.81. The van der Waals surface area contributed by atoms with E-state index in [-0.39, 0.29) is 35.7 Å². The van der Waals surface area contributed by atoms with Crippen LogP contribution in [0.2, 0.25) is 0 Å². The quantitative estimate of drug-likeness (QED) is 0.225. The molecule has 60 heavy (non-hydrogen) atoms. The Morgan fingerprint density at radius 2 is 1.17 bits per heavy atom. The van der Waals surface area contributed by atoms with Crippen molar-refractivity contribution in [1.29, 1.82) is 0 Å². The first-order valence-electron chi connectivity index (χ1n) is 21.0. The molecule has 0 aliphatic heterocycles. The molecule has 10 nitrogen and oxygen atoms in total. The Bertz CT molecular complexity index is 2110. The number of aliphatic hydroxyl groups is 3. The number of thioether (sulfide) groups is 1. The highest BCUT2D eigenvalue weighted by Crippen LogP contribution is 2.74. The van der Waals surface area contributed by atoms with Gasteiger partial charge in [0, 0.05) is 65.3 Å². The molecule has 6 saturated carbocycles. The summed E-state index contributed by atoms with van der Waals surface area (Å²) in [5, 5.41) is 35.4. The summed E-state index contributed by atoms with van der Waals surface area (Å²) in [7, 11) is 2.83. The second-order valence-corrected chi connectivity index (χ2v) is 21.4. The molecule has 1 amide bonds. The van der Waals surface area contributed by atoms with Crippen LogP contribution in [0.25, 0.3) is 0 Å². The summed E-state index contributed by atoms with van der Waals surface area (Å²) in [5.74, 6) is -8.65. The molecule has 0 spiro atoms. The van der Waals surface area contributed by atoms with Crippen LogP contribution in [-0.4, -0.2) is 109 Å². The highest BCUT2D eigenvalue weighted by molar-refractivity contribution is 8.26. The van der Waals surface area contributed by atoms with Gasteiger partial charge in [0.1, 0.15) is 12.3 Å². The lowest BCUT2D eigenvalue weighted by Crippen LogP contribution is -2.72. The standard InChI is InChI=1S/C45H55F4NO9S/c1-21-13-25-27-17-31(46)29-15-23(51)9-11-38(29,3)42(27,48)33(53)19-40(25,5)44(21,58)35(55)59-45(36(56)60-37(57)50(7)8)22(2)14-26-28-18-32(47)30-16-24(52)10-12-39(30,4)43(28,49)34(54)20-41(26,45)6/h9-12,15-16,21-22,25-28,31-34,53-54,58H,13-14,17-20H2,1-8H3/t21-,22-,25+,26+,27+,28+,31+,32+,33+,34+,38+,39+,40+,41+,42+,43+,44+,45+/m1/s1. The third-order valence-corrected chi connectivity index (χ3v) is 18.8. The summed E-state index contributed by atoms with van der Waals surface area (Å²) in [6, 6.07) is 0. The summed E-state index contributed by atoms with van der Waals surface area (Å²) in [6.07, 6.45) is -2.19. The number of carbonyl (C=O) groups is 5. The SMILES string of the molecule is C[C@@H]1C[C@H]2[C@@H]3C[C@H](F)C4=CC(=O)C=C[C@]4(C)[C@@]3(F)[C@@H](O)C[C@]2(C)[C@@]1(O)C(=O)O[C@]1(C(=O)SC(=O)N(C)C)[C@H](C)C[C@H]2[C@@H]3C[C@H](F)C4=CC(=O)C=C[C@]4(C)[C@@]3(F)[C@@H](O)C[C@@]21C. The molecule has 8 aliphatic rings. The molecule has 0 radical (unpaired) electrons. The zero-order valence-electron chi connectivity index (χ0n) is 35.1. The van der Waals surface area contributed by atoms with Crippen molar-refractivity contribution in [3.8, 4) is 0 Å². The number of hydrogen-bond acceptors (Lipinski definition) is 10. The molecule has 18 atom stereocenters. The van der Waals surface area contributed by atoms with Crippen LogP contribution >= 0.6 is 11.8 Å². The van der Waals surface area contributed by atoms with E-state index in [0.717, 1.165) is 29.2 Å². The Morgan fingerprint density at radius 1 is 0.733 bits per heavy atom. The van der Waals surface area contributed by atoms with Gasteiger partial charge in [-0.1, -0.05) is 39.8 Å². The predicted molar refractivity (Wildman–Crippen MR) is 212 cm³/mol. The second kappa shape index (κ2) is 13.2. The van der Waals surface area contributed by atoms with Crippen LogP contribution in [0.5, 0.6) is 0 Å². The number of ether oxygens (including phenoxy) is 1. The lowest BCUT2D eigenvalue weighted by molar-refractivity contribution is -0.250. The van der Waals surface area contributed by atoms with Gasteiger partial charge in [-0.3, -0.25) is 19.2 Å². The van der Waals surface area contributed by atoms with Crippen molar-refractivity contribution >= 4 is 39.7 Å². The molecule has 0 aromatic carbocycles. The number of carbonyl (C=O) groups excluding carboxylic acids is 5. The van der Waals surface area contributed by atoms with E-state index in [4.69, 9.17) is 4.74 Å². The van der Waals surface area contributed by atoms with Crippen LogP contribution in [-0.2, 0) is 23.9 Å². The fourth-order valence-corrected chi connectivity index (χ4v) is 15.6. The number of alkyl halides is 4. The molecule has 0 heterocycles. The lowest BCUT2D eigenvalue weighted by Gasteiger charge is -2.63. The molecule has 0 unspecified atom stereocenters. The van der Waals surface area contributed by atoms with Gasteiger partial charge >= 0.3 is 5.97 Å². The Balaban J connectivity index is 1.21. The van der Waals surface area contributed by atoms with Crippen molar-refractivity contribution in [3.05, 3.63) is 47.6 Å². The third kappa shape index (κ3) is 4.92. The average Bonchev–Trinajstić information content (AvgIpc) is 3.51. The van der Waals surface area contributed by atoms with Crippen LogP contribution < -0.4 is 0 Å². The number of ketones is 2. The second-order valence-electron chi connectivity index (χ2n) is 20.4. The van der Waals surface area contributed by atoms with E-state index < -0.39 is 158 Å². The maximum atomic E-state index is 18.1. The number of amides is 1. The van der Waals surface area contributed by atoms with E-state index in [1.807, 2.05) is 0 Å². The minimum absolute atomic E-state index is 0.00654. The number of halogens is 4. The largest absolute Gasteiger partial charge is 0.447 e. The normalized spacial score (nSPS) is 52.5. The molecular formula is C45H55F4NO9S. The summed E-state index contributed by atoms with van der Waals surface area (Å²) < 4.78 is 75.1. The number of hydrogen-bond donors (Lipinski definition) is 3. The van der Waals surface area contributed by atoms with E-state index in [0.29, 0.717) is 0 Å². The van der Waals surface area contributed by atoms with Crippen LogP contribution in [0.1, 0.15) is 80.1 Å². The van der Waals surface area contributed by atoms with Crippen molar-refractivity contribution in [2.24, 2.45) is 57.2 Å². The van der Waals surface area contributed by atoms with Gasteiger partial charge < -0.3 is 25.0 Å². The van der Waals surface area contributed by atoms with Gasteiger partial charge in [-0.15, -0.1) is 0 Å². The molecule has 0 aromatic heterocycles. The smallest absolute Gasteiger partial charge is 0.340 e. The molecule has 8 rings (SSSR count). The zero-order chi connectivity index (χ0) is 44.3. The van der Waals surface area contributed by atoms with Gasteiger partial charge in [0.15, 0.2) is 34.1 Å². The Hall–Kier alpha value is -3.14. The summed E-state index contributed by atoms with van der Waals surface area (Å²) in [4.78, 5) is 69.4. The first-order chi connectivity index (χ1) is 27.7. The molecule has 15 heteroatoms. The molecule has 328 valence electrons. The summed E-state index contributed by atoms with van der Waals surface area (Å²) >= 11 is 0.256. The maximum absolute atomic E-state index is 18.1. The van der Waals surface area contributed by atoms with Gasteiger partial charge in [-0.25, -0.2) is 22.4 Å². The number of fused-ring (bicyclic) bond motifs is 10. The van der Waals surface area contributed by atoms with Crippen molar-refractivity contribution in [2.75, 3.05) is 14.1 Å². The number of esters is 1. The first-order valence-corrected chi connectivity index (χ1v) is 21.8. The van der Waals surface area contributed by atoms with Crippen LogP contribution in [0.3, 0.4) is 0 Å². The van der Waals surface area contributed by atoms with E-state index in [1.54, 1.807) is 20.8 Å². The fraction of sp³-hybridized carbons (Fsp3) is 0.711. The summed E-state index contributed by atoms with van der Waals surface area (Å²) in [5.41, 5.74) is -16.9. The van der Waals surface area contributed by atoms with E-state index in [9.17, 15) is 34.5 Å². The number of allylic oxidation sites excluding steroid dienone is 8. The molecule has 6 fully saturated rings. The van der Waals surface area contributed by atoms with Crippen molar-refractivity contribution in [1.82, 2.24) is 4.90 Å². The fourth-order valence-electron chi connectivity index (χ4n) is 14.7. The molecule has 0 aromatic rings. The van der Waals surface area contributed by atoms with Crippen molar-refractivity contribution < 1.29 is 61.6 Å². The Kier molecular flexibility index (Phi) is 9.57. The van der Waals surface area contributed by atoms with Crippen LogP contribution in [0.15, 0.2) is 47.6 Å². The summed E-state index contributed by atoms with van der Waals surface area (Å²) in [6.45, 7) is 9.11. The first kappa shape index (κ1) is 43.5. The molecular weight excluding hydrogens is 807 g/mol. The van der Waals surface area contributed by atoms with Gasteiger partial charge in [0.2, 0.25) is 5.12 Å². The van der Waals surface area contributed by atoms with Gasteiger partial charge in [0.25, 0.3) is 5.24 Å². The third-order valence-electron chi connectivity index (χ3n) is 17.8. The Morgan fingerprint density at radius 3 is 1.63 bits per heavy atom. The topological polar surface area (TPSA) is 159 Å². The van der Waals surface area contributed by atoms with Crippen molar-refractivity contribution in [2.45, 2.75) is 127 Å². The van der Waals surface area contributed by atoms with Gasteiger partial charge in [-0.05, 0) is 106 Å². The van der Waals surface area contributed by atoms with Crippen molar-refractivity contribution in [3.63, 3.8) is 0 Å². The lowest BCUT2D eigenvalue weighted by atomic mass is 9.44. The van der Waals surface area contributed by atoms with Crippen LogP contribution in [0, 0.1) is 57.2 Å². The maximum Gasteiger partial charge on any atom is 0.340 e. The Labute approximate surface area is 351 Å². The van der Waals surface area contributed by atoms with Crippen LogP contribution in [0.4, 0.5) is 22.4 Å². The van der Waals surface area contributed by atoms with E-state index in [1.165, 1.54) is 47.0 Å². The van der Waals surface area contributed by atoms with Gasteiger partial charge in [-0.2, -0.15) is 0 Å². The monoisotopic (exact) mass is 861 g/mol. The average molecular weight is 862 g/mol. The van der Waals surface area contributed by atoms with E-state index in [2.05, 4.69) is 0 Å². The van der Waals surface area contributed by atoms with Gasteiger partial charge in [0.05, 0.1) is 12.2 Å². The number of nitrogens with zero attached hydrogens (tertiary/aromatic N) is 1. The molecule has 0 bridgehead atoms. The zero-order valence-corrected chi connectivity index (χ0v) is 36.0. The van der Waals surface area contributed by atoms with E-state index >= 15 is 22.4 Å². The molecule has 3 N–H and O–H groups in total. The number of aliphatic hydroxyl groups excluding tert-OH is 2.